The molecule has 1 aliphatic carbocycles. The fourth-order valence-corrected chi connectivity index (χ4v) is 4.40. The zero-order valence-electron chi connectivity index (χ0n) is 16.0. The Balaban J connectivity index is 1.42. The Morgan fingerprint density at radius 2 is 2.17 bits per heavy atom. The molecular weight excluding hydrogens is 371 g/mol. The van der Waals surface area contributed by atoms with Crippen molar-refractivity contribution in [1.29, 1.82) is 0 Å². The maximum absolute atomic E-state index is 13.8. The summed E-state index contributed by atoms with van der Waals surface area (Å²) < 4.78 is 19.2. The highest BCUT2D eigenvalue weighted by atomic mass is 19.1. The Morgan fingerprint density at radius 3 is 3.00 bits per heavy atom. The number of carbonyl (C=O) groups excluding carboxylic acids is 1. The standard InChI is InChI=1S/C22H19FN4O2/c1-11-20-15(9-19(12-2-3-12)25-21(20)29-26-11)22(28)27-7-6-18-16(10-27)14-8-13(23)4-5-17(14)24-18/h4-5,8-9,12,24H,2-3,6-7,10H2,1H3. The van der Waals surface area contributed by atoms with Gasteiger partial charge < -0.3 is 14.4 Å². The SMILES string of the molecule is Cc1noc2nc(C3CC3)cc(C(=O)N3CCc4[nH]c5ccc(F)cc5c4C3)c12. The smallest absolute Gasteiger partial charge is 0.259 e. The van der Waals surface area contributed by atoms with E-state index in [0.717, 1.165) is 40.7 Å². The molecule has 1 aromatic carbocycles. The molecular formula is C22H19FN4O2. The van der Waals surface area contributed by atoms with Gasteiger partial charge in [0.05, 0.1) is 16.6 Å². The minimum Gasteiger partial charge on any atom is -0.358 e. The van der Waals surface area contributed by atoms with E-state index in [2.05, 4.69) is 15.1 Å². The maximum atomic E-state index is 13.8. The van der Waals surface area contributed by atoms with Gasteiger partial charge in [0.2, 0.25) is 0 Å². The number of carbonyl (C=O) groups is 1. The van der Waals surface area contributed by atoms with Crippen molar-refractivity contribution < 1.29 is 13.7 Å². The molecule has 0 bridgehead atoms. The summed E-state index contributed by atoms with van der Waals surface area (Å²) in [4.78, 5) is 23.3. The zero-order valence-corrected chi connectivity index (χ0v) is 16.0. The number of nitrogens with one attached hydrogen (secondary N) is 1. The van der Waals surface area contributed by atoms with E-state index in [4.69, 9.17) is 4.52 Å². The first-order chi connectivity index (χ1) is 14.1. The summed E-state index contributed by atoms with van der Waals surface area (Å²) in [6.07, 6.45) is 2.89. The molecule has 29 heavy (non-hydrogen) atoms. The number of pyridine rings is 1. The Bertz CT molecular complexity index is 1300. The summed E-state index contributed by atoms with van der Waals surface area (Å²) in [5, 5.41) is 5.56. The average molecular weight is 390 g/mol. The van der Waals surface area contributed by atoms with Crippen LogP contribution in [0.2, 0.25) is 0 Å². The minimum atomic E-state index is -0.271. The van der Waals surface area contributed by atoms with Crippen molar-refractivity contribution in [2.45, 2.75) is 38.6 Å². The van der Waals surface area contributed by atoms with Crippen LogP contribution in [0.1, 0.15) is 51.8 Å². The van der Waals surface area contributed by atoms with Crippen LogP contribution in [0.5, 0.6) is 0 Å². The van der Waals surface area contributed by atoms with Gasteiger partial charge in [0, 0.05) is 53.3 Å². The van der Waals surface area contributed by atoms with Crippen molar-refractivity contribution in [1.82, 2.24) is 20.0 Å². The third-order valence-electron chi connectivity index (χ3n) is 6.09. The van der Waals surface area contributed by atoms with Crippen LogP contribution in [0.3, 0.4) is 0 Å². The molecule has 1 amide bonds. The zero-order chi connectivity index (χ0) is 19.7. The van der Waals surface area contributed by atoms with Crippen LogP contribution in [0, 0.1) is 12.7 Å². The molecule has 6 nitrogen and oxygen atoms in total. The molecule has 0 radical (unpaired) electrons. The molecule has 3 aromatic heterocycles. The number of nitrogens with zero attached hydrogens (tertiary/aromatic N) is 3. The van der Waals surface area contributed by atoms with Crippen molar-refractivity contribution in [3.05, 3.63) is 58.3 Å². The second-order valence-electron chi connectivity index (χ2n) is 8.07. The van der Waals surface area contributed by atoms with Gasteiger partial charge in [-0.05, 0) is 44.0 Å². The third-order valence-corrected chi connectivity index (χ3v) is 6.09. The highest BCUT2D eigenvalue weighted by molar-refractivity contribution is 6.06. The molecule has 0 spiro atoms. The van der Waals surface area contributed by atoms with Crippen LogP contribution >= 0.6 is 0 Å². The predicted molar refractivity (Wildman–Crippen MR) is 105 cm³/mol. The van der Waals surface area contributed by atoms with E-state index in [1.807, 2.05) is 17.9 Å². The molecule has 0 unspecified atom stereocenters. The number of amides is 1. The molecule has 1 N–H and O–H groups in total. The highest BCUT2D eigenvalue weighted by Crippen LogP contribution is 2.41. The number of benzene rings is 1. The fourth-order valence-electron chi connectivity index (χ4n) is 4.40. The molecule has 0 saturated heterocycles. The summed E-state index contributed by atoms with van der Waals surface area (Å²) in [6, 6.07) is 6.66. The van der Waals surface area contributed by atoms with E-state index >= 15 is 0 Å². The van der Waals surface area contributed by atoms with Crippen molar-refractivity contribution in [3.8, 4) is 0 Å². The van der Waals surface area contributed by atoms with Crippen molar-refractivity contribution >= 4 is 27.9 Å². The Kier molecular flexibility index (Phi) is 3.39. The van der Waals surface area contributed by atoms with E-state index < -0.39 is 0 Å². The van der Waals surface area contributed by atoms with Gasteiger partial charge in [-0.1, -0.05) is 5.16 Å². The van der Waals surface area contributed by atoms with Gasteiger partial charge in [0.1, 0.15) is 5.82 Å². The molecule has 4 heterocycles. The number of rotatable bonds is 2. The van der Waals surface area contributed by atoms with E-state index in [9.17, 15) is 9.18 Å². The first kappa shape index (κ1) is 16.7. The number of aryl methyl sites for hydroxylation is 1. The van der Waals surface area contributed by atoms with Crippen LogP contribution in [-0.2, 0) is 13.0 Å². The van der Waals surface area contributed by atoms with Crippen LogP contribution < -0.4 is 0 Å². The number of aromatic nitrogens is 3. The Labute approximate surface area is 165 Å². The molecule has 146 valence electrons. The van der Waals surface area contributed by atoms with E-state index in [1.54, 1.807) is 12.1 Å². The Morgan fingerprint density at radius 1 is 1.31 bits per heavy atom. The lowest BCUT2D eigenvalue weighted by Gasteiger charge is -2.27. The molecule has 1 fully saturated rings. The van der Waals surface area contributed by atoms with Gasteiger partial charge in [-0.2, -0.15) is 0 Å². The highest BCUT2D eigenvalue weighted by Gasteiger charge is 2.31. The van der Waals surface area contributed by atoms with E-state index in [-0.39, 0.29) is 11.7 Å². The first-order valence-electron chi connectivity index (χ1n) is 9.93. The van der Waals surface area contributed by atoms with Crippen LogP contribution in [0.4, 0.5) is 4.39 Å². The predicted octanol–water partition coefficient (Wildman–Crippen LogP) is 4.23. The van der Waals surface area contributed by atoms with Crippen molar-refractivity contribution in [2.24, 2.45) is 0 Å². The van der Waals surface area contributed by atoms with Crippen molar-refractivity contribution in [3.63, 3.8) is 0 Å². The van der Waals surface area contributed by atoms with Gasteiger partial charge in [-0.3, -0.25) is 4.79 Å². The molecule has 0 atom stereocenters. The summed E-state index contributed by atoms with van der Waals surface area (Å²) in [7, 11) is 0. The quantitative estimate of drug-likeness (QED) is 0.556. The number of aromatic amines is 1. The third kappa shape index (κ3) is 2.57. The van der Waals surface area contributed by atoms with E-state index in [1.165, 1.54) is 6.07 Å². The van der Waals surface area contributed by atoms with Gasteiger partial charge in [-0.25, -0.2) is 9.37 Å². The molecule has 4 aromatic rings. The second kappa shape index (κ2) is 5.89. The van der Waals surface area contributed by atoms with Crippen LogP contribution in [0.25, 0.3) is 22.0 Å². The van der Waals surface area contributed by atoms with Gasteiger partial charge in [0.15, 0.2) is 0 Å². The second-order valence-corrected chi connectivity index (χ2v) is 8.07. The average Bonchev–Trinajstić information content (AvgIpc) is 3.43. The molecule has 1 saturated carbocycles. The van der Waals surface area contributed by atoms with E-state index in [0.29, 0.717) is 47.8 Å². The fraction of sp³-hybridized carbons (Fsp3) is 0.318. The molecule has 7 heteroatoms. The summed E-state index contributed by atoms with van der Waals surface area (Å²) in [6.45, 7) is 2.89. The van der Waals surface area contributed by atoms with Crippen molar-refractivity contribution in [2.75, 3.05) is 6.54 Å². The number of fused-ring (bicyclic) bond motifs is 4. The van der Waals surface area contributed by atoms with Crippen LogP contribution in [-0.4, -0.2) is 32.5 Å². The first-order valence-corrected chi connectivity index (χ1v) is 9.93. The largest absolute Gasteiger partial charge is 0.358 e. The molecule has 2 aliphatic rings. The summed E-state index contributed by atoms with van der Waals surface area (Å²) in [5.41, 5.74) is 5.59. The van der Waals surface area contributed by atoms with Gasteiger partial charge >= 0.3 is 0 Å². The lowest BCUT2D eigenvalue weighted by atomic mass is 10.0. The van der Waals surface area contributed by atoms with Gasteiger partial charge in [0.25, 0.3) is 11.6 Å². The Hall–Kier alpha value is -3.22. The summed E-state index contributed by atoms with van der Waals surface area (Å²) >= 11 is 0. The number of halogens is 1. The monoisotopic (exact) mass is 390 g/mol. The maximum Gasteiger partial charge on any atom is 0.259 e. The number of hydrogen-bond donors (Lipinski definition) is 1. The number of hydrogen-bond acceptors (Lipinski definition) is 4. The number of H-pyrrole nitrogens is 1. The molecule has 1 aliphatic heterocycles. The van der Waals surface area contributed by atoms with Gasteiger partial charge in [-0.15, -0.1) is 0 Å². The lowest BCUT2D eigenvalue weighted by molar-refractivity contribution is 0.0737. The topological polar surface area (TPSA) is 75.0 Å². The lowest BCUT2D eigenvalue weighted by Crippen LogP contribution is -2.36. The minimum absolute atomic E-state index is 0.0537. The van der Waals surface area contributed by atoms with Crippen LogP contribution in [0.15, 0.2) is 28.8 Å². The molecule has 6 rings (SSSR count). The normalized spacial score (nSPS) is 16.6. The summed E-state index contributed by atoms with van der Waals surface area (Å²) in [5.74, 6) is 0.0793.